The molecule has 0 radical (unpaired) electrons. The van der Waals surface area contributed by atoms with Crippen LogP contribution in [0.4, 0.5) is 0 Å². The standard InChI is InChI=1S/C12H22N2O2/c13-10-6-11(12(15)16)14(8-10)7-9-4-2-1-3-5-9/h9-11H,1-8,13H2,(H,15,16)/t10-,11-/m0/s1. The van der Waals surface area contributed by atoms with Crippen LogP contribution in [0.5, 0.6) is 0 Å². The van der Waals surface area contributed by atoms with Gasteiger partial charge in [-0.05, 0) is 25.2 Å². The lowest BCUT2D eigenvalue weighted by Gasteiger charge is -2.29. The lowest BCUT2D eigenvalue weighted by molar-refractivity contribution is -0.142. The Morgan fingerprint density at radius 3 is 2.62 bits per heavy atom. The minimum atomic E-state index is -0.705. The molecule has 0 aromatic heterocycles. The summed E-state index contributed by atoms with van der Waals surface area (Å²) in [6.45, 7) is 1.69. The van der Waals surface area contributed by atoms with E-state index in [4.69, 9.17) is 10.8 Å². The maximum atomic E-state index is 11.1. The van der Waals surface area contributed by atoms with Crippen LogP contribution in [0.15, 0.2) is 0 Å². The third kappa shape index (κ3) is 2.74. The van der Waals surface area contributed by atoms with Gasteiger partial charge in [0, 0.05) is 19.1 Å². The Balaban J connectivity index is 1.89. The van der Waals surface area contributed by atoms with Gasteiger partial charge in [0.1, 0.15) is 6.04 Å². The number of nitrogens with zero attached hydrogens (tertiary/aromatic N) is 1. The van der Waals surface area contributed by atoms with E-state index in [1.54, 1.807) is 0 Å². The molecule has 92 valence electrons. The number of rotatable bonds is 3. The second kappa shape index (κ2) is 5.15. The second-order valence-corrected chi connectivity index (χ2v) is 5.31. The summed E-state index contributed by atoms with van der Waals surface area (Å²) in [5.74, 6) is -0.00957. The van der Waals surface area contributed by atoms with Crippen LogP contribution in [0.25, 0.3) is 0 Å². The van der Waals surface area contributed by atoms with Gasteiger partial charge in [0.05, 0.1) is 0 Å². The van der Waals surface area contributed by atoms with E-state index in [9.17, 15) is 4.79 Å². The van der Waals surface area contributed by atoms with E-state index in [1.165, 1.54) is 32.1 Å². The van der Waals surface area contributed by atoms with Crippen molar-refractivity contribution in [2.75, 3.05) is 13.1 Å². The number of carbonyl (C=O) groups is 1. The highest BCUT2D eigenvalue weighted by atomic mass is 16.4. The van der Waals surface area contributed by atoms with Crippen molar-refractivity contribution in [1.29, 1.82) is 0 Å². The molecule has 16 heavy (non-hydrogen) atoms. The van der Waals surface area contributed by atoms with Gasteiger partial charge in [-0.25, -0.2) is 0 Å². The number of hydrogen-bond acceptors (Lipinski definition) is 3. The molecule has 4 nitrogen and oxygen atoms in total. The van der Waals surface area contributed by atoms with E-state index in [2.05, 4.69) is 4.90 Å². The van der Waals surface area contributed by atoms with Crippen molar-refractivity contribution in [3.63, 3.8) is 0 Å². The lowest BCUT2D eigenvalue weighted by Crippen LogP contribution is -2.39. The van der Waals surface area contributed by atoms with Gasteiger partial charge in [-0.15, -0.1) is 0 Å². The minimum absolute atomic E-state index is 0.0460. The maximum absolute atomic E-state index is 11.1. The Bertz CT molecular complexity index is 251. The zero-order valence-corrected chi connectivity index (χ0v) is 9.77. The van der Waals surface area contributed by atoms with E-state index in [0.717, 1.165) is 13.1 Å². The van der Waals surface area contributed by atoms with Crippen molar-refractivity contribution in [1.82, 2.24) is 4.90 Å². The van der Waals surface area contributed by atoms with Gasteiger partial charge in [-0.3, -0.25) is 9.69 Å². The first-order valence-corrected chi connectivity index (χ1v) is 6.39. The fourth-order valence-electron chi connectivity index (χ4n) is 3.10. The van der Waals surface area contributed by atoms with Crippen LogP contribution in [0.1, 0.15) is 38.5 Å². The van der Waals surface area contributed by atoms with Gasteiger partial charge in [0.15, 0.2) is 0 Å². The Hall–Kier alpha value is -0.610. The molecular weight excluding hydrogens is 204 g/mol. The highest BCUT2D eigenvalue weighted by Gasteiger charge is 2.36. The van der Waals surface area contributed by atoms with Gasteiger partial charge in [0.2, 0.25) is 0 Å². The third-order valence-electron chi connectivity index (χ3n) is 3.94. The molecule has 0 aromatic carbocycles. The summed E-state index contributed by atoms with van der Waals surface area (Å²) in [6.07, 6.45) is 7.10. The monoisotopic (exact) mass is 226 g/mol. The number of nitrogens with two attached hydrogens (primary N) is 1. The summed E-state index contributed by atoms with van der Waals surface area (Å²) < 4.78 is 0. The molecule has 0 spiro atoms. The number of carboxylic acids is 1. The quantitative estimate of drug-likeness (QED) is 0.755. The fraction of sp³-hybridized carbons (Fsp3) is 0.917. The highest BCUT2D eigenvalue weighted by molar-refractivity contribution is 5.74. The van der Waals surface area contributed by atoms with Crippen LogP contribution in [0.3, 0.4) is 0 Å². The molecular formula is C12H22N2O2. The number of likely N-dealkylation sites (tertiary alicyclic amines) is 1. The third-order valence-corrected chi connectivity index (χ3v) is 3.94. The van der Waals surface area contributed by atoms with Crippen molar-refractivity contribution in [3.8, 4) is 0 Å². The predicted molar refractivity (Wildman–Crippen MR) is 62.2 cm³/mol. The summed E-state index contributed by atoms with van der Waals surface area (Å²) in [4.78, 5) is 13.2. The molecule has 1 saturated heterocycles. The summed E-state index contributed by atoms with van der Waals surface area (Å²) in [5.41, 5.74) is 5.85. The van der Waals surface area contributed by atoms with E-state index in [0.29, 0.717) is 12.3 Å². The Morgan fingerprint density at radius 1 is 1.31 bits per heavy atom. The average Bonchev–Trinajstić information content (AvgIpc) is 2.61. The molecule has 0 bridgehead atoms. The Labute approximate surface area is 96.8 Å². The molecule has 1 aliphatic carbocycles. The van der Waals surface area contributed by atoms with Gasteiger partial charge >= 0.3 is 5.97 Å². The van der Waals surface area contributed by atoms with Crippen LogP contribution in [0.2, 0.25) is 0 Å². The molecule has 0 amide bonds. The van der Waals surface area contributed by atoms with E-state index in [1.807, 2.05) is 0 Å². The number of hydrogen-bond donors (Lipinski definition) is 2. The van der Waals surface area contributed by atoms with E-state index < -0.39 is 5.97 Å². The van der Waals surface area contributed by atoms with Crippen LogP contribution >= 0.6 is 0 Å². The molecule has 0 aromatic rings. The molecule has 1 saturated carbocycles. The van der Waals surface area contributed by atoms with E-state index >= 15 is 0 Å². The predicted octanol–water partition coefficient (Wildman–Crippen LogP) is 1.05. The van der Waals surface area contributed by atoms with Gasteiger partial charge in [-0.1, -0.05) is 19.3 Å². The van der Waals surface area contributed by atoms with Crippen LogP contribution < -0.4 is 5.73 Å². The average molecular weight is 226 g/mol. The van der Waals surface area contributed by atoms with E-state index in [-0.39, 0.29) is 12.1 Å². The summed E-state index contributed by atoms with van der Waals surface area (Å²) in [7, 11) is 0. The zero-order valence-electron chi connectivity index (χ0n) is 9.77. The molecule has 4 heteroatoms. The van der Waals surface area contributed by atoms with Gasteiger partial charge in [-0.2, -0.15) is 0 Å². The molecule has 1 heterocycles. The molecule has 2 atom stereocenters. The largest absolute Gasteiger partial charge is 0.480 e. The van der Waals surface area contributed by atoms with Gasteiger partial charge < -0.3 is 10.8 Å². The van der Waals surface area contributed by atoms with Crippen molar-refractivity contribution in [2.24, 2.45) is 11.7 Å². The molecule has 2 rings (SSSR count). The fourth-order valence-corrected chi connectivity index (χ4v) is 3.10. The van der Waals surface area contributed by atoms with Crippen molar-refractivity contribution in [2.45, 2.75) is 50.6 Å². The van der Waals surface area contributed by atoms with Crippen LogP contribution in [-0.2, 0) is 4.79 Å². The molecule has 0 unspecified atom stereocenters. The second-order valence-electron chi connectivity index (χ2n) is 5.31. The first-order chi connectivity index (χ1) is 7.66. The smallest absolute Gasteiger partial charge is 0.320 e. The lowest BCUT2D eigenvalue weighted by atomic mass is 9.89. The zero-order chi connectivity index (χ0) is 11.5. The summed E-state index contributed by atoms with van der Waals surface area (Å²) in [6, 6.07) is -0.290. The minimum Gasteiger partial charge on any atom is -0.480 e. The SMILES string of the molecule is N[C@H]1C[C@@H](C(=O)O)N(CC2CCCCC2)C1. The highest BCUT2D eigenvalue weighted by Crippen LogP contribution is 2.27. The summed E-state index contributed by atoms with van der Waals surface area (Å²) >= 11 is 0. The number of aliphatic carboxylic acids is 1. The number of carboxylic acid groups (broad SMARTS) is 1. The topological polar surface area (TPSA) is 66.6 Å². The van der Waals surface area contributed by atoms with Crippen molar-refractivity contribution < 1.29 is 9.90 Å². The Kier molecular flexibility index (Phi) is 3.82. The van der Waals surface area contributed by atoms with Crippen molar-refractivity contribution >= 4 is 5.97 Å². The van der Waals surface area contributed by atoms with Crippen LogP contribution in [0, 0.1) is 5.92 Å². The first kappa shape index (κ1) is 11.9. The normalized spacial score (nSPS) is 33.1. The maximum Gasteiger partial charge on any atom is 0.320 e. The van der Waals surface area contributed by atoms with Crippen LogP contribution in [-0.4, -0.2) is 41.1 Å². The molecule has 1 aliphatic heterocycles. The van der Waals surface area contributed by atoms with Crippen molar-refractivity contribution in [3.05, 3.63) is 0 Å². The Morgan fingerprint density at radius 2 is 2.00 bits per heavy atom. The molecule has 2 aliphatic rings. The molecule has 2 fully saturated rings. The molecule has 3 N–H and O–H groups in total. The summed E-state index contributed by atoms with van der Waals surface area (Å²) in [5, 5.41) is 9.13. The first-order valence-electron chi connectivity index (χ1n) is 6.39. The van der Waals surface area contributed by atoms with Gasteiger partial charge in [0.25, 0.3) is 0 Å².